The van der Waals surface area contributed by atoms with E-state index in [0.29, 0.717) is 5.92 Å². The number of nitrogens with two attached hydrogens (primary N) is 1. The zero-order chi connectivity index (χ0) is 15.5. The lowest BCUT2D eigenvalue weighted by molar-refractivity contribution is -0.132. The molecule has 2 unspecified atom stereocenters. The van der Waals surface area contributed by atoms with E-state index >= 15 is 0 Å². The Hall–Kier alpha value is -1.09. The van der Waals surface area contributed by atoms with Crippen LogP contribution in [0.4, 0.5) is 0 Å². The number of allylic oxidation sites excluding steroid dienone is 3. The van der Waals surface area contributed by atoms with Crippen LogP contribution < -0.4 is 5.84 Å². The second kappa shape index (κ2) is 6.57. The molecule has 2 atom stereocenters. The third-order valence-corrected chi connectivity index (χ3v) is 3.90. The third-order valence-electron chi connectivity index (χ3n) is 3.90. The maximum Gasteiger partial charge on any atom is 0.263 e. The molecule has 0 radical (unpaired) electrons. The van der Waals surface area contributed by atoms with Crippen molar-refractivity contribution < 1.29 is 4.79 Å². The van der Waals surface area contributed by atoms with Crippen molar-refractivity contribution in [2.75, 3.05) is 0 Å². The first-order valence-corrected chi connectivity index (χ1v) is 7.64. The predicted molar refractivity (Wildman–Crippen MR) is 84.8 cm³/mol. The van der Waals surface area contributed by atoms with E-state index in [2.05, 4.69) is 40.7 Å². The Balaban J connectivity index is 2.93. The lowest BCUT2D eigenvalue weighted by atomic mass is 9.83. The second-order valence-electron chi connectivity index (χ2n) is 7.14. The molecule has 3 nitrogen and oxygen atoms in total. The molecular weight excluding hydrogens is 248 g/mol. The van der Waals surface area contributed by atoms with Gasteiger partial charge in [0.25, 0.3) is 5.91 Å². The van der Waals surface area contributed by atoms with Crippen LogP contribution in [0.15, 0.2) is 23.3 Å². The van der Waals surface area contributed by atoms with Crippen molar-refractivity contribution in [2.45, 2.75) is 66.8 Å². The Morgan fingerprint density at radius 3 is 2.55 bits per heavy atom. The molecule has 20 heavy (non-hydrogen) atoms. The average molecular weight is 278 g/mol. The van der Waals surface area contributed by atoms with Crippen LogP contribution in [0, 0.1) is 11.3 Å². The standard InChI is InChI=1S/C17H30N2O/c1-7-8-15(17(4,5)6)19(18)16(20)14-10-12(2)9-13(3)11-14/h9-10,13,15H,7-8,11,18H2,1-6H3. The van der Waals surface area contributed by atoms with Crippen molar-refractivity contribution in [1.29, 1.82) is 0 Å². The summed E-state index contributed by atoms with van der Waals surface area (Å²) in [6.07, 6.45) is 6.92. The topological polar surface area (TPSA) is 46.3 Å². The number of hydrazine groups is 1. The van der Waals surface area contributed by atoms with Crippen molar-refractivity contribution >= 4 is 5.91 Å². The second-order valence-corrected chi connectivity index (χ2v) is 7.14. The first kappa shape index (κ1) is 17.0. The van der Waals surface area contributed by atoms with E-state index in [1.54, 1.807) is 0 Å². The highest BCUT2D eigenvalue weighted by molar-refractivity contribution is 5.94. The highest BCUT2D eigenvalue weighted by atomic mass is 16.2. The van der Waals surface area contributed by atoms with E-state index in [0.717, 1.165) is 30.4 Å². The Kier molecular flexibility index (Phi) is 5.58. The van der Waals surface area contributed by atoms with Crippen molar-refractivity contribution in [3.63, 3.8) is 0 Å². The van der Waals surface area contributed by atoms with Gasteiger partial charge in [-0.1, -0.05) is 58.8 Å². The quantitative estimate of drug-likeness (QED) is 0.483. The summed E-state index contributed by atoms with van der Waals surface area (Å²) in [5.74, 6) is 6.57. The molecule has 1 aliphatic carbocycles. The van der Waals surface area contributed by atoms with Crippen LogP contribution >= 0.6 is 0 Å². The average Bonchev–Trinajstić information content (AvgIpc) is 2.31. The zero-order valence-electron chi connectivity index (χ0n) is 13.9. The molecule has 0 saturated carbocycles. The van der Waals surface area contributed by atoms with E-state index in [1.165, 1.54) is 5.01 Å². The van der Waals surface area contributed by atoms with Crippen molar-refractivity contribution in [1.82, 2.24) is 5.01 Å². The van der Waals surface area contributed by atoms with Crippen LogP contribution in [0.2, 0.25) is 0 Å². The van der Waals surface area contributed by atoms with Gasteiger partial charge >= 0.3 is 0 Å². The van der Waals surface area contributed by atoms with Gasteiger partial charge < -0.3 is 0 Å². The minimum Gasteiger partial charge on any atom is -0.273 e. The molecule has 1 amide bonds. The molecule has 114 valence electrons. The van der Waals surface area contributed by atoms with Crippen molar-refractivity contribution in [2.24, 2.45) is 17.2 Å². The number of hydrogen-bond acceptors (Lipinski definition) is 2. The lowest BCUT2D eigenvalue weighted by Crippen LogP contribution is -2.52. The van der Waals surface area contributed by atoms with Crippen LogP contribution in [0.3, 0.4) is 0 Å². The predicted octanol–water partition coefficient (Wildman–Crippen LogP) is 3.82. The van der Waals surface area contributed by atoms with Crippen LogP contribution in [-0.4, -0.2) is 17.0 Å². The van der Waals surface area contributed by atoms with Gasteiger partial charge in [-0.05, 0) is 31.1 Å². The molecule has 3 heteroatoms. The van der Waals surface area contributed by atoms with Gasteiger partial charge in [0.1, 0.15) is 0 Å². The van der Waals surface area contributed by atoms with Gasteiger partial charge in [-0.3, -0.25) is 9.80 Å². The highest BCUT2D eigenvalue weighted by Crippen LogP contribution is 2.29. The fourth-order valence-electron chi connectivity index (χ4n) is 2.96. The monoisotopic (exact) mass is 278 g/mol. The molecular formula is C17H30N2O. The van der Waals surface area contributed by atoms with Gasteiger partial charge in [-0.2, -0.15) is 0 Å². The highest BCUT2D eigenvalue weighted by Gasteiger charge is 2.32. The number of nitrogens with zero attached hydrogens (tertiary/aromatic N) is 1. The SMILES string of the molecule is CCCC(N(N)C(=O)C1=CC(C)=CC(C)C1)C(C)(C)C. The van der Waals surface area contributed by atoms with E-state index in [9.17, 15) is 4.79 Å². The summed E-state index contributed by atoms with van der Waals surface area (Å²) in [6.45, 7) is 12.7. The van der Waals surface area contributed by atoms with Gasteiger partial charge in [0.2, 0.25) is 0 Å². The van der Waals surface area contributed by atoms with E-state index in [1.807, 2.05) is 13.0 Å². The van der Waals surface area contributed by atoms with Gasteiger partial charge in [-0.15, -0.1) is 0 Å². The number of rotatable bonds is 4. The number of amides is 1. The Morgan fingerprint density at radius 1 is 1.50 bits per heavy atom. The number of carbonyl (C=O) groups is 1. The van der Waals surface area contributed by atoms with Crippen LogP contribution in [0.5, 0.6) is 0 Å². The van der Waals surface area contributed by atoms with Crippen LogP contribution in [0.25, 0.3) is 0 Å². The maximum atomic E-state index is 12.7. The summed E-state index contributed by atoms with van der Waals surface area (Å²) in [7, 11) is 0. The van der Waals surface area contributed by atoms with Gasteiger partial charge in [0.15, 0.2) is 0 Å². The largest absolute Gasteiger partial charge is 0.273 e. The van der Waals surface area contributed by atoms with E-state index < -0.39 is 0 Å². The smallest absolute Gasteiger partial charge is 0.263 e. The number of carbonyl (C=O) groups excluding carboxylic acids is 1. The lowest BCUT2D eigenvalue weighted by Gasteiger charge is -2.38. The Morgan fingerprint density at radius 2 is 2.10 bits per heavy atom. The minimum atomic E-state index is -0.0160. The molecule has 1 rings (SSSR count). The summed E-state index contributed by atoms with van der Waals surface area (Å²) in [4.78, 5) is 12.7. The fourth-order valence-corrected chi connectivity index (χ4v) is 2.96. The van der Waals surface area contributed by atoms with Gasteiger partial charge in [0, 0.05) is 5.57 Å². The molecule has 0 bridgehead atoms. The molecule has 1 aliphatic rings. The minimum absolute atomic E-state index is 0.00779. The molecule has 0 spiro atoms. The maximum absolute atomic E-state index is 12.7. The van der Waals surface area contributed by atoms with Crippen molar-refractivity contribution in [3.05, 3.63) is 23.3 Å². The molecule has 0 aromatic carbocycles. The third kappa shape index (κ3) is 4.20. The molecule has 0 heterocycles. The summed E-state index contributed by atoms with van der Waals surface area (Å²) >= 11 is 0. The summed E-state index contributed by atoms with van der Waals surface area (Å²) in [5, 5.41) is 1.47. The number of hydrogen-bond donors (Lipinski definition) is 1. The Labute approximate surface area is 123 Å². The summed E-state index contributed by atoms with van der Waals surface area (Å²) in [5.41, 5.74) is 1.99. The normalized spacial score (nSPS) is 21.1. The Bertz CT molecular complexity index is 415. The van der Waals surface area contributed by atoms with E-state index in [-0.39, 0.29) is 17.4 Å². The molecule has 0 aromatic heterocycles. The molecule has 0 aliphatic heterocycles. The molecule has 0 fully saturated rings. The van der Waals surface area contributed by atoms with Gasteiger partial charge in [0.05, 0.1) is 6.04 Å². The van der Waals surface area contributed by atoms with Crippen LogP contribution in [-0.2, 0) is 4.79 Å². The summed E-state index contributed by atoms with van der Waals surface area (Å²) in [6, 6.07) is 0.0717. The fraction of sp³-hybridized carbons (Fsp3) is 0.706. The van der Waals surface area contributed by atoms with Crippen molar-refractivity contribution in [3.8, 4) is 0 Å². The van der Waals surface area contributed by atoms with Gasteiger partial charge in [-0.25, -0.2) is 5.84 Å². The zero-order valence-corrected chi connectivity index (χ0v) is 13.9. The molecule has 0 saturated heterocycles. The first-order chi connectivity index (χ1) is 9.16. The molecule has 2 N–H and O–H groups in total. The van der Waals surface area contributed by atoms with E-state index in [4.69, 9.17) is 5.84 Å². The molecule has 0 aromatic rings. The first-order valence-electron chi connectivity index (χ1n) is 7.64. The van der Waals surface area contributed by atoms with Crippen LogP contribution in [0.1, 0.15) is 60.8 Å². The summed E-state index contributed by atoms with van der Waals surface area (Å²) < 4.78 is 0.